The summed E-state index contributed by atoms with van der Waals surface area (Å²) in [5.74, 6) is 0.203. The van der Waals surface area contributed by atoms with Crippen LogP contribution in [0.2, 0.25) is 0 Å². The van der Waals surface area contributed by atoms with Crippen molar-refractivity contribution in [3.63, 3.8) is 0 Å². The summed E-state index contributed by atoms with van der Waals surface area (Å²) in [7, 11) is 0. The molecule has 2 heteroatoms. The number of ether oxygens (including phenoxy) is 1. The fourth-order valence-electron chi connectivity index (χ4n) is 1.42. The Morgan fingerprint density at radius 3 is 2.80 bits per heavy atom. The molecule has 0 radical (unpaired) electrons. The molecule has 58 valence electrons. The Morgan fingerprint density at radius 1 is 1.70 bits per heavy atom. The average Bonchev–Trinajstić information content (AvgIpc) is 2.13. The normalized spacial score (nSPS) is 32.4. The number of esters is 1. The molecule has 1 heterocycles. The molecule has 1 fully saturated rings. The van der Waals surface area contributed by atoms with Crippen LogP contribution in [-0.2, 0) is 9.53 Å². The summed E-state index contributed by atoms with van der Waals surface area (Å²) < 4.78 is 4.99. The van der Waals surface area contributed by atoms with Crippen molar-refractivity contribution in [2.24, 2.45) is 5.92 Å². The van der Waals surface area contributed by atoms with Crippen LogP contribution in [0.15, 0.2) is 0 Å². The van der Waals surface area contributed by atoms with Crippen molar-refractivity contribution < 1.29 is 9.53 Å². The van der Waals surface area contributed by atoms with E-state index in [4.69, 9.17) is 4.74 Å². The molecule has 1 aliphatic heterocycles. The van der Waals surface area contributed by atoms with E-state index in [2.05, 4.69) is 6.92 Å². The summed E-state index contributed by atoms with van der Waals surface area (Å²) in [6.45, 7) is 4.05. The zero-order valence-electron chi connectivity index (χ0n) is 6.59. The highest BCUT2D eigenvalue weighted by Crippen LogP contribution is 2.24. The van der Waals surface area contributed by atoms with Crippen molar-refractivity contribution in [2.45, 2.75) is 39.2 Å². The van der Waals surface area contributed by atoms with Gasteiger partial charge >= 0.3 is 5.97 Å². The molecule has 0 unspecified atom stereocenters. The molecule has 2 atom stereocenters. The number of hydrogen-bond acceptors (Lipinski definition) is 2. The van der Waals surface area contributed by atoms with E-state index in [-0.39, 0.29) is 18.0 Å². The minimum atomic E-state index is 0.00866. The lowest BCUT2D eigenvalue weighted by Crippen LogP contribution is -2.06. The molecule has 0 saturated carbocycles. The lowest BCUT2D eigenvalue weighted by atomic mass is 10.0. The zero-order valence-corrected chi connectivity index (χ0v) is 6.59. The molecule has 1 saturated heterocycles. The molecule has 0 amide bonds. The third-order valence-electron chi connectivity index (χ3n) is 1.90. The monoisotopic (exact) mass is 142 g/mol. The lowest BCUT2D eigenvalue weighted by Gasteiger charge is -1.99. The quantitative estimate of drug-likeness (QED) is 0.549. The van der Waals surface area contributed by atoms with Crippen LogP contribution in [0, 0.1) is 5.92 Å². The van der Waals surface area contributed by atoms with Crippen LogP contribution >= 0.6 is 0 Å². The molecule has 0 aromatic carbocycles. The number of carbonyl (C=O) groups excluding carboxylic acids is 1. The van der Waals surface area contributed by atoms with Gasteiger partial charge in [-0.15, -0.1) is 0 Å². The molecular formula is C8H14O2. The Labute approximate surface area is 61.6 Å². The van der Waals surface area contributed by atoms with E-state index < -0.39 is 0 Å². The highest BCUT2D eigenvalue weighted by molar-refractivity contribution is 5.74. The third-order valence-corrected chi connectivity index (χ3v) is 1.90. The van der Waals surface area contributed by atoms with Crippen molar-refractivity contribution in [3.8, 4) is 0 Å². The average molecular weight is 142 g/mol. The van der Waals surface area contributed by atoms with Crippen LogP contribution < -0.4 is 0 Å². The molecule has 0 aromatic heterocycles. The summed E-state index contributed by atoms with van der Waals surface area (Å²) in [5, 5.41) is 0. The Kier molecular flexibility index (Phi) is 2.30. The number of carbonyl (C=O) groups is 1. The molecule has 10 heavy (non-hydrogen) atoms. The van der Waals surface area contributed by atoms with Crippen LogP contribution in [0.1, 0.15) is 33.1 Å². The van der Waals surface area contributed by atoms with Crippen molar-refractivity contribution in [1.82, 2.24) is 0 Å². The van der Waals surface area contributed by atoms with Crippen LogP contribution in [0.25, 0.3) is 0 Å². The Hall–Kier alpha value is -0.530. The van der Waals surface area contributed by atoms with Crippen molar-refractivity contribution in [2.75, 3.05) is 0 Å². The van der Waals surface area contributed by atoms with Gasteiger partial charge in [0.1, 0.15) is 0 Å². The maximum Gasteiger partial charge on any atom is 0.309 e. The van der Waals surface area contributed by atoms with E-state index >= 15 is 0 Å². The highest BCUT2D eigenvalue weighted by Gasteiger charge is 2.30. The van der Waals surface area contributed by atoms with Gasteiger partial charge in [0.2, 0.25) is 0 Å². The second-order valence-corrected chi connectivity index (χ2v) is 2.97. The minimum Gasteiger partial charge on any atom is -0.462 e. The predicted octanol–water partition coefficient (Wildman–Crippen LogP) is 1.74. The maximum absolute atomic E-state index is 11.0. The van der Waals surface area contributed by atoms with Gasteiger partial charge in [-0.25, -0.2) is 0 Å². The first-order chi connectivity index (χ1) is 4.74. The summed E-state index contributed by atoms with van der Waals surface area (Å²) in [4.78, 5) is 11.0. The largest absolute Gasteiger partial charge is 0.462 e. The molecule has 1 rings (SSSR count). The van der Waals surface area contributed by atoms with E-state index in [0.717, 1.165) is 19.3 Å². The fourth-order valence-corrected chi connectivity index (χ4v) is 1.42. The lowest BCUT2D eigenvalue weighted by molar-refractivity contribution is -0.143. The van der Waals surface area contributed by atoms with Gasteiger partial charge in [0.15, 0.2) is 0 Å². The first kappa shape index (κ1) is 7.58. The standard InChI is InChI=1S/C8H14O2/c1-3-4-7-5-6(2)10-8(7)9/h6-7H,3-5H2,1-2H3/t6-,7+/m0/s1. The first-order valence-corrected chi connectivity index (χ1v) is 3.94. The van der Waals surface area contributed by atoms with Crippen LogP contribution in [0.5, 0.6) is 0 Å². The molecule has 0 aromatic rings. The smallest absolute Gasteiger partial charge is 0.309 e. The SMILES string of the molecule is CCC[C@@H]1C[C@H](C)OC1=O. The molecule has 1 aliphatic rings. The second kappa shape index (κ2) is 3.04. The highest BCUT2D eigenvalue weighted by atomic mass is 16.5. The fraction of sp³-hybridized carbons (Fsp3) is 0.875. The number of rotatable bonds is 2. The van der Waals surface area contributed by atoms with Crippen molar-refractivity contribution in [3.05, 3.63) is 0 Å². The molecular weight excluding hydrogens is 128 g/mol. The molecule has 2 nitrogen and oxygen atoms in total. The van der Waals surface area contributed by atoms with E-state index in [1.165, 1.54) is 0 Å². The van der Waals surface area contributed by atoms with Crippen LogP contribution in [0.4, 0.5) is 0 Å². The summed E-state index contributed by atoms with van der Waals surface area (Å²) in [6, 6.07) is 0. The van der Waals surface area contributed by atoms with E-state index in [1.807, 2.05) is 6.92 Å². The number of cyclic esters (lactones) is 1. The van der Waals surface area contributed by atoms with Crippen molar-refractivity contribution >= 4 is 5.97 Å². The zero-order chi connectivity index (χ0) is 7.56. The molecule has 0 bridgehead atoms. The first-order valence-electron chi connectivity index (χ1n) is 3.94. The second-order valence-electron chi connectivity index (χ2n) is 2.97. The van der Waals surface area contributed by atoms with Crippen LogP contribution in [-0.4, -0.2) is 12.1 Å². The Bertz CT molecular complexity index is 131. The van der Waals surface area contributed by atoms with Crippen molar-refractivity contribution in [1.29, 1.82) is 0 Å². The van der Waals surface area contributed by atoms with Gasteiger partial charge in [0.25, 0.3) is 0 Å². The maximum atomic E-state index is 11.0. The molecule has 0 aliphatic carbocycles. The van der Waals surface area contributed by atoms with Gasteiger partial charge in [-0.2, -0.15) is 0 Å². The molecule has 0 N–H and O–H groups in total. The van der Waals surface area contributed by atoms with E-state index in [1.54, 1.807) is 0 Å². The molecule has 0 spiro atoms. The minimum absolute atomic E-state index is 0.00866. The van der Waals surface area contributed by atoms with E-state index in [9.17, 15) is 4.79 Å². The van der Waals surface area contributed by atoms with Gasteiger partial charge in [0.05, 0.1) is 12.0 Å². The Balaban J connectivity index is 2.39. The predicted molar refractivity (Wildman–Crippen MR) is 38.6 cm³/mol. The van der Waals surface area contributed by atoms with Gasteiger partial charge in [-0.3, -0.25) is 4.79 Å². The Morgan fingerprint density at radius 2 is 2.40 bits per heavy atom. The summed E-state index contributed by atoms with van der Waals surface area (Å²) >= 11 is 0. The summed E-state index contributed by atoms with van der Waals surface area (Å²) in [5.41, 5.74) is 0. The number of hydrogen-bond donors (Lipinski definition) is 0. The van der Waals surface area contributed by atoms with Gasteiger partial charge < -0.3 is 4.74 Å². The topological polar surface area (TPSA) is 26.3 Å². The van der Waals surface area contributed by atoms with Gasteiger partial charge in [-0.05, 0) is 19.8 Å². The summed E-state index contributed by atoms with van der Waals surface area (Å²) in [6.07, 6.45) is 3.14. The van der Waals surface area contributed by atoms with Gasteiger partial charge in [-0.1, -0.05) is 13.3 Å². The third kappa shape index (κ3) is 1.49. The van der Waals surface area contributed by atoms with E-state index in [0.29, 0.717) is 0 Å². The van der Waals surface area contributed by atoms with Crippen LogP contribution in [0.3, 0.4) is 0 Å². The van der Waals surface area contributed by atoms with Gasteiger partial charge in [0, 0.05) is 0 Å².